The van der Waals surface area contributed by atoms with E-state index in [-0.39, 0.29) is 0 Å². The molecule has 5 aliphatic rings. The van der Waals surface area contributed by atoms with Crippen LogP contribution in [-0.4, -0.2) is 45.8 Å². The third kappa shape index (κ3) is 2.14. The van der Waals surface area contributed by atoms with Crippen LogP contribution in [0.4, 0.5) is 5.69 Å². The van der Waals surface area contributed by atoms with Crippen LogP contribution in [0.15, 0.2) is 23.5 Å². The molecule has 6 nitrogen and oxygen atoms in total. The van der Waals surface area contributed by atoms with Gasteiger partial charge in [-0.2, -0.15) is 0 Å². The van der Waals surface area contributed by atoms with Gasteiger partial charge in [0, 0.05) is 23.8 Å². The summed E-state index contributed by atoms with van der Waals surface area (Å²) in [5.41, 5.74) is 2.53. The molecular weight excluding hydrogens is 328 g/mol. The van der Waals surface area contributed by atoms with Crippen molar-refractivity contribution in [3.05, 3.63) is 24.0 Å². The lowest BCUT2D eigenvalue weighted by Gasteiger charge is -2.58. The summed E-state index contributed by atoms with van der Waals surface area (Å²) >= 11 is 0. The first-order chi connectivity index (χ1) is 12.7. The number of H-pyrrole nitrogens is 1. The minimum atomic E-state index is -0.405. The zero-order valence-electron chi connectivity index (χ0n) is 14.7. The predicted molar refractivity (Wildman–Crippen MR) is 99.4 cm³/mol. The Bertz CT molecular complexity index is 888. The molecule has 2 aromatic rings. The maximum Gasteiger partial charge on any atom is 0.220 e. The molecule has 0 saturated heterocycles. The summed E-state index contributed by atoms with van der Waals surface area (Å²) in [5.74, 6) is 2.51. The number of aliphatic imine (C=N–C) groups is 1. The molecule has 4 bridgehead atoms. The number of aliphatic hydroxyl groups is 1. The lowest BCUT2D eigenvalue weighted by Crippen LogP contribution is -2.59. The fraction of sp³-hybridized carbons (Fsp3) is 0.600. The molecule has 4 aliphatic carbocycles. The number of aromatic nitrogens is 2. The van der Waals surface area contributed by atoms with Crippen LogP contribution in [0.25, 0.3) is 11.0 Å². The average molecular weight is 352 g/mol. The van der Waals surface area contributed by atoms with Crippen molar-refractivity contribution in [1.82, 2.24) is 9.97 Å². The lowest BCUT2D eigenvalue weighted by molar-refractivity contribution is -0.129. The highest BCUT2D eigenvalue weighted by Crippen LogP contribution is 2.56. The minimum Gasteiger partial charge on any atom is -0.475 e. The van der Waals surface area contributed by atoms with Gasteiger partial charge in [0.05, 0.1) is 23.4 Å². The van der Waals surface area contributed by atoms with Gasteiger partial charge in [0.25, 0.3) is 0 Å². The molecule has 4 saturated carbocycles. The topological polar surface area (TPSA) is 82.5 Å². The van der Waals surface area contributed by atoms with Gasteiger partial charge in [0.15, 0.2) is 0 Å². The molecule has 3 N–H and O–H groups in total. The number of nitrogens with zero attached hydrogens (tertiary/aromatic N) is 2. The molecule has 3 heterocycles. The molecule has 26 heavy (non-hydrogen) atoms. The zero-order valence-corrected chi connectivity index (χ0v) is 14.7. The highest BCUT2D eigenvalue weighted by Gasteiger charge is 2.54. The molecule has 2 atom stereocenters. The van der Waals surface area contributed by atoms with Crippen LogP contribution in [0.2, 0.25) is 0 Å². The van der Waals surface area contributed by atoms with Crippen molar-refractivity contribution >= 4 is 22.6 Å². The fourth-order valence-corrected chi connectivity index (χ4v) is 6.21. The number of anilines is 1. The Morgan fingerprint density at radius 1 is 1.23 bits per heavy atom. The summed E-state index contributed by atoms with van der Waals surface area (Å²) in [6.45, 7) is 1.35. The Morgan fingerprint density at radius 2 is 2.08 bits per heavy atom. The van der Waals surface area contributed by atoms with Gasteiger partial charge in [-0.25, -0.2) is 9.98 Å². The molecule has 6 heteroatoms. The molecule has 0 spiro atoms. The summed E-state index contributed by atoms with van der Waals surface area (Å²) in [7, 11) is 0. The van der Waals surface area contributed by atoms with Crippen LogP contribution in [0.3, 0.4) is 0 Å². The number of ether oxygens (including phenoxy) is 1. The maximum atomic E-state index is 10.9. The van der Waals surface area contributed by atoms with E-state index in [1.54, 1.807) is 0 Å². The number of fused-ring (bicyclic) bond motifs is 1. The first kappa shape index (κ1) is 15.0. The number of pyridine rings is 1. The van der Waals surface area contributed by atoms with Crippen molar-refractivity contribution in [1.29, 1.82) is 0 Å². The van der Waals surface area contributed by atoms with Gasteiger partial charge in [-0.1, -0.05) is 0 Å². The Morgan fingerprint density at radius 3 is 2.81 bits per heavy atom. The van der Waals surface area contributed by atoms with E-state index >= 15 is 0 Å². The summed E-state index contributed by atoms with van der Waals surface area (Å²) in [5, 5.41) is 15.8. The van der Waals surface area contributed by atoms with Crippen LogP contribution in [-0.2, 0) is 4.74 Å². The van der Waals surface area contributed by atoms with E-state index in [4.69, 9.17) is 4.74 Å². The Kier molecular flexibility index (Phi) is 3.02. The van der Waals surface area contributed by atoms with Gasteiger partial charge in [0.2, 0.25) is 5.90 Å². The van der Waals surface area contributed by atoms with Crippen LogP contribution >= 0.6 is 0 Å². The summed E-state index contributed by atoms with van der Waals surface area (Å²) < 4.78 is 5.75. The van der Waals surface area contributed by atoms with E-state index in [0.717, 1.165) is 41.5 Å². The Balaban J connectivity index is 1.41. The smallest absolute Gasteiger partial charge is 0.220 e. The van der Waals surface area contributed by atoms with Gasteiger partial charge in [-0.3, -0.25) is 0 Å². The molecule has 2 aromatic heterocycles. The third-order valence-electron chi connectivity index (χ3n) is 6.95. The van der Waals surface area contributed by atoms with Crippen molar-refractivity contribution in [2.45, 2.75) is 43.7 Å². The number of nitrogens with one attached hydrogen (secondary N) is 2. The molecule has 0 radical (unpaired) electrons. The SMILES string of the molecule is OC12CC3CC(C1)C(Nc1c(C4=NCCO4)cnc4[nH]ccc14)C(C3)C2. The molecule has 1 aliphatic heterocycles. The van der Waals surface area contributed by atoms with E-state index in [0.29, 0.717) is 42.8 Å². The van der Waals surface area contributed by atoms with Gasteiger partial charge in [-0.15, -0.1) is 0 Å². The lowest BCUT2D eigenvalue weighted by atomic mass is 9.52. The largest absolute Gasteiger partial charge is 0.475 e. The zero-order chi connectivity index (χ0) is 17.3. The van der Waals surface area contributed by atoms with Gasteiger partial charge >= 0.3 is 0 Å². The highest BCUT2D eigenvalue weighted by molar-refractivity contribution is 6.07. The van der Waals surface area contributed by atoms with Gasteiger partial charge < -0.3 is 20.1 Å². The van der Waals surface area contributed by atoms with Crippen molar-refractivity contribution in [2.75, 3.05) is 18.5 Å². The van der Waals surface area contributed by atoms with Crippen molar-refractivity contribution in [2.24, 2.45) is 22.7 Å². The molecule has 7 rings (SSSR count). The second-order valence-electron chi connectivity index (χ2n) is 8.69. The second-order valence-corrected chi connectivity index (χ2v) is 8.69. The van der Waals surface area contributed by atoms with E-state index in [1.165, 1.54) is 12.8 Å². The second kappa shape index (κ2) is 5.22. The van der Waals surface area contributed by atoms with Crippen LogP contribution < -0.4 is 5.32 Å². The predicted octanol–water partition coefficient (Wildman–Crippen LogP) is 2.69. The Labute approximate surface area is 152 Å². The monoisotopic (exact) mass is 352 g/mol. The number of hydrogen-bond donors (Lipinski definition) is 3. The van der Waals surface area contributed by atoms with E-state index in [9.17, 15) is 5.11 Å². The summed E-state index contributed by atoms with van der Waals surface area (Å²) in [6.07, 6.45) is 9.17. The van der Waals surface area contributed by atoms with Gasteiger partial charge in [0.1, 0.15) is 12.3 Å². The standard InChI is InChI=1S/C20H24N4O2/c25-20-7-11-5-12(8-20)16(13(6-11)9-20)24-17-14-1-2-21-18(14)23-10-15(17)19-22-3-4-26-19/h1-2,10-13,16,25H,3-9H2,(H2,21,23,24). The minimum absolute atomic E-state index is 0.405. The van der Waals surface area contributed by atoms with Crippen molar-refractivity contribution < 1.29 is 9.84 Å². The average Bonchev–Trinajstić information content (AvgIpc) is 3.27. The van der Waals surface area contributed by atoms with Gasteiger partial charge in [-0.05, 0) is 55.9 Å². The fourth-order valence-electron chi connectivity index (χ4n) is 6.21. The van der Waals surface area contributed by atoms with E-state index in [2.05, 4.69) is 26.3 Å². The number of aromatic amines is 1. The van der Waals surface area contributed by atoms with Crippen molar-refractivity contribution in [3.8, 4) is 0 Å². The normalized spacial score (nSPS) is 37.8. The molecule has 0 aromatic carbocycles. The molecule has 0 amide bonds. The molecule has 136 valence electrons. The molecular formula is C20H24N4O2. The first-order valence-corrected chi connectivity index (χ1v) is 9.81. The maximum absolute atomic E-state index is 10.9. The summed E-state index contributed by atoms with van der Waals surface area (Å²) in [6, 6.07) is 2.49. The first-order valence-electron chi connectivity index (χ1n) is 9.81. The van der Waals surface area contributed by atoms with Crippen molar-refractivity contribution in [3.63, 3.8) is 0 Å². The number of rotatable bonds is 3. The van der Waals surface area contributed by atoms with E-state index < -0.39 is 5.60 Å². The van der Waals surface area contributed by atoms with Crippen LogP contribution in [0, 0.1) is 17.8 Å². The van der Waals surface area contributed by atoms with Crippen LogP contribution in [0.1, 0.15) is 37.7 Å². The third-order valence-corrected chi connectivity index (χ3v) is 6.95. The summed E-state index contributed by atoms with van der Waals surface area (Å²) in [4.78, 5) is 12.3. The molecule has 2 unspecified atom stereocenters. The Hall–Kier alpha value is -2.08. The number of hydrogen-bond acceptors (Lipinski definition) is 5. The van der Waals surface area contributed by atoms with Crippen LogP contribution in [0.5, 0.6) is 0 Å². The molecule has 4 fully saturated rings. The quantitative estimate of drug-likeness (QED) is 0.793. The highest BCUT2D eigenvalue weighted by atomic mass is 16.5. The van der Waals surface area contributed by atoms with E-state index in [1.807, 2.05) is 12.4 Å².